The van der Waals surface area contributed by atoms with E-state index in [1.54, 1.807) is 0 Å². The molecule has 0 radical (unpaired) electrons. The highest BCUT2D eigenvalue weighted by Crippen LogP contribution is 2.29. The highest BCUT2D eigenvalue weighted by atomic mass is 19.4. The normalized spacial score (nSPS) is 11.8. The molecule has 0 aliphatic heterocycles. The van der Waals surface area contributed by atoms with Crippen molar-refractivity contribution in [2.45, 2.75) is 51.7 Å². The van der Waals surface area contributed by atoms with Gasteiger partial charge in [-0.1, -0.05) is 32.6 Å². The van der Waals surface area contributed by atoms with Gasteiger partial charge in [-0.3, -0.25) is 9.48 Å². The largest absolute Gasteiger partial charge is 0.435 e. The Bertz CT molecular complexity index is 385. The average Bonchev–Trinajstić information content (AvgIpc) is 2.72. The molecule has 0 saturated carbocycles. The third kappa shape index (κ3) is 4.16. The van der Waals surface area contributed by atoms with Gasteiger partial charge in [-0.15, -0.1) is 0 Å². The van der Waals surface area contributed by atoms with Gasteiger partial charge in [0.25, 0.3) is 0 Å². The fourth-order valence-corrected chi connectivity index (χ4v) is 1.74. The second kappa shape index (κ2) is 6.56. The Morgan fingerprint density at radius 1 is 1.28 bits per heavy atom. The van der Waals surface area contributed by atoms with Crippen LogP contribution in [0.1, 0.15) is 55.1 Å². The second-order valence-corrected chi connectivity index (χ2v) is 4.23. The number of unbranched alkanes of at least 4 members (excludes halogenated alkanes) is 4. The van der Waals surface area contributed by atoms with Gasteiger partial charge in [0, 0.05) is 12.7 Å². The molecule has 0 amide bonds. The summed E-state index contributed by atoms with van der Waals surface area (Å²) in [5, 5.41) is 3.43. The Morgan fingerprint density at radius 2 is 1.94 bits per heavy atom. The summed E-state index contributed by atoms with van der Waals surface area (Å²) in [6, 6.07) is 0. The molecule has 1 aromatic heterocycles. The molecule has 1 aromatic rings. The van der Waals surface area contributed by atoms with Crippen molar-refractivity contribution in [1.29, 1.82) is 0 Å². The summed E-state index contributed by atoms with van der Waals surface area (Å²) in [5.74, 6) is 0. The van der Waals surface area contributed by atoms with Crippen molar-refractivity contribution in [3.05, 3.63) is 17.5 Å². The molecule has 6 heteroatoms. The lowest BCUT2D eigenvalue weighted by Gasteiger charge is -2.03. The van der Waals surface area contributed by atoms with Gasteiger partial charge in [-0.2, -0.15) is 18.3 Å². The van der Waals surface area contributed by atoms with Gasteiger partial charge in [-0.05, 0) is 6.42 Å². The van der Waals surface area contributed by atoms with E-state index < -0.39 is 17.4 Å². The topological polar surface area (TPSA) is 34.9 Å². The minimum Gasteiger partial charge on any atom is -0.298 e. The molecule has 0 spiro atoms. The summed E-state index contributed by atoms with van der Waals surface area (Å²) in [7, 11) is 0. The van der Waals surface area contributed by atoms with Crippen molar-refractivity contribution in [1.82, 2.24) is 9.78 Å². The first kappa shape index (κ1) is 14.7. The third-order valence-corrected chi connectivity index (χ3v) is 2.68. The van der Waals surface area contributed by atoms with Crippen LogP contribution in [-0.2, 0) is 12.7 Å². The van der Waals surface area contributed by atoms with E-state index in [9.17, 15) is 18.0 Å². The van der Waals surface area contributed by atoms with Gasteiger partial charge < -0.3 is 0 Å². The van der Waals surface area contributed by atoms with Crippen LogP contribution >= 0.6 is 0 Å². The molecule has 18 heavy (non-hydrogen) atoms. The molecule has 1 rings (SSSR count). The number of nitrogens with zero attached hydrogens (tertiary/aromatic N) is 2. The van der Waals surface area contributed by atoms with Crippen LogP contribution < -0.4 is 0 Å². The Balaban J connectivity index is 2.57. The van der Waals surface area contributed by atoms with Crippen LogP contribution in [0.15, 0.2) is 6.20 Å². The van der Waals surface area contributed by atoms with Gasteiger partial charge >= 0.3 is 6.18 Å². The first-order valence-corrected chi connectivity index (χ1v) is 6.09. The predicted octanol–water partition coefficient (Wildman–Crippen LogP) is 3.68. The lowest BCUT2D eigenvalue weighted by molar-refractivity contribution is -0.141. The zero-order chi connectivity index (χ0) is 13.6. The fraction of sp³-hybridized carbons (Fsp3) is 0.667. The van der Waals surface area contributed by atoms with E-state index in [0.717, 1.165) is 38.3 Å². The Labute approximate surface area is 104 Å². The maximum Gasteiger partial charge on any atom is 0.435 e. The number of carbonyl (C=O) groups excluding carboxylic acids is 1. The summed E-state index contributed by atoms with van der Waals surface area (Å²) in [6.07, 6.45) is 1.86. The zero-order valence-corrected chi connectivity index (χ0v) is 10.3. The molecule has 1 heterocycles. The number of hydrogen-bond acceptors (Lipinski definition) is 2. The van der Waals surface area contributed by atoms with Crippen molar-refractivity contribution >= 4 is 6.29 Å². The molecule has 3 nitrogen and oxygen atoms in total. The summed E-state index contributed by atoms with van der Waals surface area (Å²) in [5.41, 5.74) is -1.48. The molecule has 0 saturated heterocycles. The Kier molecular flexibility index (Phi) is 5.37. The van der Waals surface area contributed by atoms with Crippen molar-refractivity contribution < 1.29 is 18.0 Å². The van der Waals surface area contributed by atoms with Crippen LogP contribution in [0.3, 0.4) is 0 Å². The fourth-order valence-electron chi connectivity index (χ4n) is 1.74. The molecule has 0 aliphatic rings. The Hall–Kier alpha value is -1.33. The SMILES string of the molecule is CCCCCCCn1cc(C=O)c(C(F)(F)F)n1. The number of halogens is 3. The van der Waals surface area contributed by atoms with Crippen LogP contribution in [-0.4, -0.2) is 16.1 Å². The highest BCUT2D eigenvalue weighted by molar-refractivity contribution is 5.76. The number of aryl methyl sites for hydroxylation is 1. The molecule has 0 atom stereocenters. The van der Waals surface area contributed by atoms with Crippen LogP contribution in [0.2, 0.25) is 0 Å². The third-order valence-electron chi connectivity index (χ3n) is 2.68. The van der Waals surface area contributed by atoms with Gasteiger partial charge in [-0.25, -0.2) is 0 Å². The molecule has 102 valence electrons. The molecular formula is C12H17F3N2O. The van der Waals surface area contributed by atoms with E-state index in [0.29, 0.717) is 6.54 Å². The van der Waals surface area contributed by atoms with Crippen LogP contribution in [0.4, 0.5) is 13.2 Å². The van der Waals surface area contributed by atoms with Gasteiger partial charge in [0.2, 0.25) is 0 Å². The lowest BCUT2D eigenvalue weighted by atomic mass is 10.1. The maximum absolute atomic E-state index is 12.5. The van der Waals surface area contributed by atoms with E-state index >= 15 is 0 Å². The first-order chi connectivity index (χ1) is 8.49. The molecular weight excluding hydrogens is 245 g/mol. The minimum atomic E-state index is -4.57. The lowest BCUT2D eigenvalue weighted by Crippen LogP contribution is -2.10. The van der Waals surface area contributed by atoms with E-state index in [2.05, 4.69) is 12.0 Å². The molecule has 0 unspecified atom stereocenters. The monoisotopic (exact) mass is 262 g/mol. The summed E-state index contributed by atoms with van der Waals surface area (Å²) >= 11 is 0. The van der Waals surface area contributed by atoms with Crippen molar-refractivity contribution in [3.63, 3.8) is 0 Å². The molecule has 0 aromatic carbocycles. The molecule has 0 bridgehead atoms. The number of aldehydes is 1. The average molecular weight is 262 g/mol. The Morgan fingerprint density at radius 3 is 2.44 bits per heavy atom. The van der Waals surface area contributed by atoms with Crippen LogP contribution in [0, 0.1) is 0 Å². The van der Waals surface area contributed by atoms with Gasteiger partial charge in [0.1, 0.15) is 0 Å². The number of alkyl halides is 3. The summed E-state index contributed by atoms with van der Waals surface area (Å²) < 4.78 is 38.7. The van der Waals surface area contributed by atoms with Crippen molar-refractivity contribution in [2.75, 3.05) is 0 Å². The molecule has 0 aliphatic carbocycles. The maximum atomic E-state index is 12.5. The van der Waals surface area contributed by atoms with E-state index in [1.165, 1.54) is 4.68 Å². The number of hydrogen-bond donors (Lipinski definition) is 0. The van der Waals surface area contributed by atoms with E-state index in [1.807, 2.05) is 0 Å². The smallest absolute Gasteiger partial charge is 0.298 e. The first-order valence-electron chi connectivity index (χ1n) is 6.09. The van der Waals surface area contributed by atoms with Gasteiger partial charge in [0.05, 0.1) is 5.56 Å². The zero-order valence-electron chi connectivity index (χ0n) is 10.3. The second-order valence-electron chi connectivity index (χ2n) is 4.23. The van der Waals surface area contributed by atoms with E-state index in [4.69, 9.17) is 0 Å². The number of rotatable bonds is 7. The molecule has 0 fully saturated rings. The highest BCUT2D eigenvalue weighted by Gasteiger charge is 2.37. The van der Waals surface area contributed by atoms with Crippen molar-refractivity contribution in [2.24, 2.45) is 0 Å². The number of aromatic nitrogens is 2. The predicted molar refractivity (Wildman–Crippen MR) is 61.4 cm³/mol. The van der Waals surface area contributed by atoms with Crippen molar-refractivity contribution in [3.8, 4) is 0 Å². The van der Waals surface area contributed by atoms with Crippen LogP contribution in [0.25, 0.3) is 0 Å². The molecule has 0 N–H and O–H groups in total. The van der Waals surface area contributed by atoms with Crippen LogP contribution in [0.5, 0.6) is 0 Å². The summed E-state index contributed by atoms with van der Waals surface area (Å²) in [4.78, 5) is 10.5. The van der Waals surface area contributed by atoms with Gasteiger partial charge in [0.15, 0.2) is 12.0 Å². The quantitative estimate of drug-likeness (QED) is 0.555. The standard InChI is InChI=1S/C12H17F3N2O/c1-2-3-4-5-6-7-17-8-10(9-18)11(16-17)12(13,14)15/h8-9H,2-7H2,1H3. The summed E-state index contributed by atoms with van der Waals surface area (Å²) in [6.45, 7) is 2.51. The van der Waals surface area contributed by atoms with E-state index in [-0.39, 0.29) is 6.29 Å². The minimum absolute atomic E-state index is 0.198. The number of carbonyl (C=O) groups is 1.